The molecule has 0 atom stereocenters. The van der Waals surface area contributed by atoms with Crippen molar-refractivity contribution in [3.05, 3.63) is 59.2 Å². The molecule has 0 fully saturated rings. The average Bonchev–Trinajstić information content (AvgIpc) is 3.08. The summed E-state index contributed by atoms with van der Waals surface area (Å²) in [4.78, 5) is 12.1. The van der Waals surface area contributed by atoms with Crippen LogP contribution >= 0.6 is 0 Å². The van der Waals surface area contributed by atoms with Gasteiger partial charge in [-0.1, -0.05) is 0 Å². The Balaban J connectivity index is 1.62. The summed E-state index contributed by atoms with van der Waals surface area (Å²) in [5.74, 6) is 0. The van der Waals surface area contributed by atoms with Gasteiger partial charge >= 0.3 is 0 Å². The van der Waals surface area contributed by atoms with Crippen molar-refractivity contribution in [2.75, 3.05) is 6.54 Å². The van der Waals surface area contributed by atoms with E-state index in [0.29, 0.717) is 12.1 Å². The van der Waals surface area contributed by atoms with Crippen molar-refractivity contribution in [2.24, 2.45) is 0 Å². The molecule has 0 saturated heterocycles. The quantitative estimate of drug-likeness (QED) is 0.690. The second kappa shape index (κ2) is 5.11. The van der Waals surface area contributed by atoms with E-state index in [9.17, 15) is 4.79 Å². The van der Waals surface area contributed by atoms with Crippen LogP contribution < -0.4 is 10.9 Å². The molecule has 0 aromatic carbocycles. The molecule has 3 aromatic rings. The van der Waals surface area contributed by atoms with Crippen LogP contribution in [0.3, 0.4) is 0 Å². The van der Waals surface area contributed by atoms with E-state index in [2.05, 4.69) is 10.4 Å². The summed E-state index contributed by atoms with van der Waals surface area (Å²) in [5, 5.41) is 7.29. The maximum absolute atomic E-state index is 12.1. The van der Waals surface area contributed by atoms with E-state index in [0.717, 1.165) is 18.7 Å². The molecule has 0 aliphatic rings. The second-order valence-corrected chi connectivity index (χ2v) is 4.27. The molecule has 0 spiro atoms. The van der Waals surface area contributed by atoms with E-state index in [1.165, 1.54) is 0 Å². The summed E-state index contributed by atoms with van der Waals surface area (Å²) in [6.07, 6.45) is 8.51. The first-order valence-electron chi connectivity index (χ1n) is 6.09. The molecule has 3 heterocycles. The van der Waals surface area contributed by atoms with Gasteiger partial charge in [0, 0.05) is 37.6 Å². The molecule has 0 bridgehead atoms. The van der Waals surface area contributed by atoms with Gasteiger partial charge in [0.2, 0.25) is 0 Å². The Morgan fingerprint density at radius 2 is 2.26 bits per heavy atom. The largest absolute Gasteiger partial charge is 0.472 e. The number of hydrogen-bond donors (Lipinski definition) is 1. The molecule has 3 aromatic heterocycles. The number of aromatic nitrogens is 3. The minimum absolute atomic E-state index is 0.0230. The fraction of sp³-hybridized carbons (Fsp3) is 0.231. The summed E-state index contributed by atoms with van der Waals surface area (Å²) in [6.45, 7) is 2.08. The standard InChI is InChI=1S/C13H14N4O2/c18-13-12-1-3-15-17(12)7-6-16(13)5-4-14-9-11-2-8-19-10-11/h1-3,6-8,10,14H,4-5,9H2. The minimum Gasteiger partial charge on any atom is -0.472 e. The van der Waals surface area contributed by atoms with E-state index >= 15 is 0 Å². The molecular weight excluding hydrogens is 244 g/mol. The van der Waals surface area contributed by atoms with Crippen molar-refractivity contribution in [3.63, 3.8) is 0 Å². The Hall–Kier alpha value is -2.34. The Labute approximate surface area is 109 Å². The van der Waals surface area contributed by atoms with Crippen LogP contribution in [-0.2, 0) is 13.1 Å². The third kappa shape index (κ3) is 2.43. The summed E-state index contributed by atoms with van der Waals surface area (Å²) in [5.41, 5.74) is 1.67. The van der Waals surface area contributed by atoms with Gasteiger partial charge in [-0.3, -0.25) is 4.79 Å². The molecule has 3 rings (SSSR count). The van der Waals surface area contributed by atoms with Gasteiger partial charge in [-0.25, -0.2) is 4.52 Å². The van der Waals surface area contributed by atoms with E-state index in [1.807, 2.05) is 6.07 Å². The van der Waals surface area contributed by atoms with Crippen LogP contribution in [-0.4, -0.2) is 20.7 Å². The van der Waals surface area contributed by atoms with Gasteiger partial charge in [-0.15, -0.1) is 0 Å². The van der Waals surface area contributed by atoms with Crippen LogP contribution in [0.25, 0.3) is 5.52 Å². The molecule has 0 aliphatic carbocycles. The lowest BCUT2D eigenvalue weighted by molar-refractivity contribution is 0.553. The third-order valence-corrected chi connectivity index (χ3v) is 2.98. The fourth-order valence-corrected chi connectivity index (χ4v) is 1.96. The van der Waals surface area contributed by atoms with Crippen LogP contribution in [0.15, 0.2) is 52.5 Å². The Morgan fingerprint density at radius 3 is 3.11 bits per heavy atom. The molecule has 6 heteroatoms. The van der Waals surface area contributed by atoms with E-state index in [-0.39, 0.29) is 5.56 Å². The van der Waals surface area contributed by atoms with Gasteiger partial charge in [0.15, 0.2) is 0 Å². The molecule has 1 N–H and O–H groups in total. The minimum atomic E-state index is -0.0230. The zero-order chi connectivity index (χ0) is 13.1. The van der Waals surface area contributed by atoms with Crippen molar-refractivity contribution in [3.8, 4) is 0 Å². The first kappa shape index (κ1) is 11.7. The summed E-state index contributed by atoms with van der Waals surface area (Å²) in [6, 6.07) is 3.63. The predicted molar refractivity (Wildman–Crippen MR) is 69.9 cm³/mol. The molecule has 98 valence electrons. The van der Waals surface area contributed by atoms with Crippen LogP contribution in [0, 0.1) is 0 Å². The van der Waals surface area contributed by atoms with Crippen LogP contribution in [0.2, 0.25) is 0 Å². The molecule has 6 nitrogen and oxygen atoms in total. The lowest BCUT2D eigenvalue weighted by Crippen LogP contribution is -2.27. The highest BCUT2D eigenvalue weighted by Gasteiger charge is 2.02. The SMILES string of the molecule is O=c1c2ccnn2ccn1CCNCc1ccoc1. The molecule has 0 radical (unpaired) electrons. The van der Waals surface area contributed by atoms with Gasteiger partial charge in [0.05, 0.1) is 18.7 Å². The normalized spacial score (nSPS) is 11.2. The number of nitrogens with one attached hydrogen (secondary N) is 1. The predicted octanol–water partition coefficient (Wildman–Crippen LogP) is 0.879. The van der Waals surface area contributed by atoms with Gasteiger partial charge in [0.25, 0.3) is 5.56 Å². The second-order valence-electron chi connectivity index (χ2n) is 4.27. The van der Waals surface area contributed by atoms with Crippen LogP contribution in [0.4, 0.5) is 0 Å². The van der Waals surface area contributed by atoms with Gasteiger partial charge in [-0.2, -0.15) is 5.10 Å². The molecular formula is C13H14N4O2. The molecule has 0 aliphatic heterocycles. The zero-order valence-corrected chi connectivity index (χ0v) is 10.3. The monoisotopic (exact) mass is 258 g/mol. The van der Waals surface area contributed by atoms with E-state index < -0.39 is 0 Å². The molecule has 19 heavy (non-hydrogen) atoms. The zero-order valence-electron chi connectivity index (χ0n) is 10.3. The van der Waals surface area contributed by atoms with Crippen molar-refractivity contribution >= 4 is 5.52 Å². The maximum Gasteiger partial charge on any atom is 0.276 e. The molecule has 0 saturated carbocycles. The smallest absolute Gasteiger partial charge is 0.276 e. The van der Waals surface area contributed by atoms with Crippen LogP contribution in [0.5, 0.6) is 0 Å². The maximum atomic E-state index is 12.1. The topological polar surface area (TPSA) is 64.5 Å². The molecule has 0 amide bonds. The van der Waals surface area contributed by atoms with E-state index in [1.54, 1.807) is 46.3 Å². The van der Waals surface area contributed by atoms with Crippen molar-refractivity contribution in [1.29, 1.82) is 0 Å². The van der Waals surface area contributed by atoms with Gasteiger partial charge < -0.3 is 14.3 Å². The summed E-state index contributed by atoms with van der Waals surface area (Å²) in [7, 11) is 0. The van der Waals surface area contributed by atoms with Gasteiger partial charge in [-0.05, 0) is 12.1 Å². The van der Waals surface area contributed by atoms with Crippen molar-refractivity contribution in [2.45, 2.75) is 13.1 Å². The van der Waals surface area contributed by atoms with Crippen molar-refractivity contribution < 1.29 is 4.42 Å². The van der Waals surface area contributed by atoms with Gasteiger partial charge in [0.1, 0.15) is 5.52 Å². The molecule has 0 unspecified atom stereocenters. The number of nitrogens with zero attached hydrogens (tertiary/aromatic N) is 3. The average molecular weight is 258 g/mol. The first-order chi connectivity index (χ1) is 9.34. The Morgan fingerprint density at radius 1 is 1.32 bits per heavy atom. The highest BCUT2D eigenvalue weighted by Crippen LogP contribution is 1.98. The third-order valence-electron chi connectivity index (χ3n) is 2.98. The van der Waals surface area contributed by atoms with Crippen LogP contribution in [0.1, 0.15) is 5.56 Å². The van der Waals surface area contributed by atoms with Crippen molar-refractivity contribution in [1.82, 2.24) is 19.5 Å². The lowest BCUT2D eigenvalue weighted by Gasteiger charge is -2.06. The number of fused-ring (bicyclic) bond motifs is 1. The number of rotatable bonds is 5. The highest BCUT2D eigenvalue weighted by atomic mass is 16.3. The number of hydrogen-bond acceptors (Lipinski definition) is 4. The summed E-state index contributed by atoms with van der Waals surface area (Å²) < 4.78 is 8.24. The highest BCUT2D eigenvalue weighted by molar-refractivity contribution is 5.42. The number of furan rings is 1. The lowest BCUT2D eigenvalue weighted by atomic mass is 10.3. The van der Waals surface area contributed by atoms with E-state index in [4.69, 9.17) is 4.42 Å². The summed E-state index contributed by atoms with van der Waals surface area (Å²) >= 11 is 0. The first-order valence-corrected chi connectivity index (χ1v) is 6.09. The Bertz CT molecular complexity index is 712. The Kier molecular flexibility index (Phi) is 3.16. The fourth-order valence-electron chi connectivity index (χ4n) is 1.96.